The van der Waals surface area contributed by atoms with Gasteiger partial charge in [0.1, 0.15) is 0 Å². The first-order valence-corrected chi connectivity index (χ1v) is 9.27. The Morgan fingerprint density at radius 2 is 1.75 bits per heavy atom. The van der Waals surface area contributed by atoms with Crippen LogP contribution in [0.1, 0.15) is 17.5 Å². The van der Waals surface area contributed by atoms with Crippen molar-refractivity contribution in [2.24, 2.45) is 0 Å². The van der Waals surface area contributed by atoms with Gasteiger partial charge in [0.05, 0.1) is 11.6 Å². The largest absolute Gasteiger partial charge is 0.325 e. The number of amides is 1. The summed E-state index contributed by atoms with van der Waals surface area (Å²) >= 11 is 0. The minimum Gasteiger partial charge on any atom is -0.325 e. The SMILES string of the molecule is CN(CCC(=O)Nc1ccccc1-c1ccccc1)Cc1cccc(C#N)c1. The highest BCUT2D eigenvalue weighted by Crippen LogP contribution is 2.27. The van der Waals surface area contributed by atoms with Crippen molar-refractivity contribution in [3.8, 4) is 17.2 Å². The van der Waals surface area contributed by atoms with E-state index in [0.717, 1.165) is 22.4 Å². The summed E-state index contributed by atoms with van der Waals surface area (Å²) in [6.07, 6.45) is 0.400. The van der Waals surface area contributed by atoms with Gasteiger partial charge >= 0.3 is 0 Å². The Labute approximate surface area is 166 Å². The summed E-state index contributed by atoms with van der Waals surface area (Å²) in [5, 5.41) is 12.0. The molecule has 1 N–H and O–H groups in total. The van der Waals surface area contributed by atoms with E-state index in [-0.39, 0.29) is 5.91 Å². The maximum absolute atomic E-state index is 12.5. The third-order valence-electron chi connectivity index (χ3n) is 4.52. The van der Waals surface area contributed by atoms with Gasteiger partial charge in [0.15, 0.2) is 0 Å². The van der Waals surface area contributed by atoms with E-state index < -0.39 is 0 Å². The first-order valence-electron chi connectivity index (χ1n) is 9.27. The molecule has 4 heteroatoms. The molecule has 0 aliphatic rings. The van der Waals surface area contributed by atoms with Crippen LogP contribution in [0.2, 0.25) is 0 Å². The Bertz CT molecular complexity index is 976. The van der Waals surface area contributed by atoms with Gasteiger partial charge in [-0.2, -0.15) is 5.26 Å². The molecule has 0 radical (unpaired) electrons. The Hall–Kier alpha value is -3.42. The molecule has 28 heavy (non-hydrogen) atoms. The minimum atomic E-state index is -0.0130. The number of nitrogens with zero attached hydrogens (tertiary/aromatic N) is 2. The topological polar surface area (TPSA) is 56.1 Å². The van der Waals surface area contributed by atoms with Gasteiger partial charge in [-0.25, -0.2) is 0 Å². The zero-order chi connectivity index (χ0) is 19.8. The summed E-state index contributed by atoms with van der Waals surface area (Å²) in [7, 11) is 1.98. The predicted octanol–water partition coefficient (Wildman–Crippen LogP) is 4.69. The van der Waals surface area contributed by atoms with Gasteiger partial charge in [0.2, 0.25) is 5.91 Å². The highest BCUT2D eigenvalue weighted by Gasteiger charge is 2.10. The molecule has 0 spiro atoms. The standard InChI is InChI=1S/C24H23N3O/c1-27(18-20-9-7-8-19(16-20)17-25)15-14-24(28)26-23-13-6-5-12-22(23)21-10-3-2-4-11-21/h2-13,16H,14-15,18H2,1H3,(H,26,28). The maximum atomic E-state index is 12.5. The van der Waals surface area contributed by atoms with E-state index in [4.69, 9.17) is 5.26 Å². The van der Waals surface area contributed by atoms with Crippen molar-refractivity contribution < 1.29 is 4.79 Å². The molecule has 140 valence electrons. The molecule has 3 aromatic rings. The Kier molecular flexibility index (Phi) is 6.56. The average molecular weight is 369 g/mol. The fraction of sp³-hybridized carbons (Fsp3) is 0.167. The predicted molar refractivity (Wildman–Crippen MR) is 113 cm³/mol. The summed E-state index contributed by atoms with van der Waals surface area (Å²) in [6, 6.07) is 27.6. The second kappa shape index (κ2) is 9.50. The van der Waals surface area contributed by atoms with Gasteiger partial charge in [-0.15, -0.1) is 0 Å². The molecular weight excluding hydrogens is 346 g/mol. The van der Waals surface area contributed by atoms with Crippen LogP contribution < -0.4 is 5.32 Å². The quantitative estimate of drug-likeness (QED) is 0.657. The van der Waals surface area contributed by atoms with E-state index >= 15 is 0 Å². The van der Waals surface area contributed by atoms with Crippen LogP contribution in [0.15, 0.2) is 78.9 Å². The molecule has 0 fully saturated rings. The Balaban J connectivity index is 1.57. The molecule has 3 rings (SSSR count). The van der Waals surface area contributed by atoms with Crippen molar-refractivity contribution in [3.05, 3.63) is 90.0 Å². The molecule has 0 saturated carbocycles. The monoisotopic (exact) mass is 369 g/mol. The van der Waals surface area contributed by atoms with Crippen LogP contribution in [0, 0.1) is 11.3 Å². The number of hydrogen-bond acceptors (Lipinski definition) is 3. The molecule has 3 aromatic carbocycles. The van der Waals surface area contributed by atoms with Crippen LogP contribution in [0.5, 0.6) is 0 Å². The van der Waals surface area contributed by atoms with Crippen molar-refractivity contribution >= 4 is 11.6 Å². The molecular formula is C24H23N3O. The first kappa shape index (κ1) is 19.3. The van der Waals surface area contributed by atoms with Crippen LogP contribution in [-0.4, -0.2) is 24.4 Å². The van der Waals surface area contributed by atoms with E-state index in [1.54, 1.807) is 6.07 Å². The Morgan fingerprint density at radius 1 is 1.00 bits per heavy atom. The maximum Gasteiger partial charge on any atom is 0.225 e. The minimum absolute atomic E-state index is 0.0130. The van der Waals surface area contributed by atoms with Gasteiger partial charge in [-0.3, -0.25) is 4.79 Å². The van der Waals surface area contributed by atoms with Crippen LogP contribution in [0.25, 0.3) is 11.1 Å². The smallest absolute Gasteiger partial charge is 0.225 e. The number of carbonyl (C=O) groups is 1. The van der Waals surface area contributed by atoms with Crippen molar-refractivity contribution in [2.45, 2.75) is 13.0 Å². The number of nitriles is 1. The average Bonchev–Trinajstić information content (AvgIpc) is 2.73. The third kappa shape index (κ3) is 5.29. The first-order chi connectivity index (χ1) is 13.7. The second-order valence-corrected chi connectivity index (χ2v) is 6.76. The number of hydrogen-bond donors (Lipinski definition) is 1. The van der Waals surface area contributed by atoms with E-state index in [9.17, 15) is 4.79 Å². The lowest BCUT2D eigenvalue weighted by atomic mass is 10.0. The lowest BCUT2D eigenvalue weighted by molar-refractivity contribution is -0.116. The van der Waals surface area contributed by atoms with E-state index in [0.29, 0.717) is 25.1 Å². The number of carbonyl (C=O) groups excluding carboxylic acids is 1. The van der Waals surface area contributed by atoms with E-state index in [1.165, 1.54) is 0 Å². The number of nitrogens with one attached hydrogen (secondary N) is 1. The van der Waals surface area contributed by atoms with Crippen molar-refractivity contribution in [1.29, 1.82) is 5.26 Å². The third-order valence-corrected chi connectivity index (χ3v) is 4.52. The molecule has 0 aliphatic carbocycles. The molecule has 0 heterocycles. The lowest BCUT2D eigenvalue weighted by Crippen LogP contribution is -2.24. The zero-order valence-corrected chi connectivity index (χ0v) is 15.9. The van der Waals surface area contributed by atoms with Crippen LogP contribution in [0.3, 0.4) is 0 Å². The molecule has 0 aromatic heterocycles. The summed E-state index contributed by atoms with van der Waals surface area (Å²) < 4.78 is 0. The van der Waals surface area contributed by atoms with Crippen LogP contribution in [-0.2, 0) is 11.3 Å². The van der Waals surface area contributed by atoms with Crippen molar-refractivity contribution in [2.75, 3.05) is 18.9 Å². The summed E-state index contributed by atoms with van der Waals surface area (Å²) in [5.74, 6) is -0.0130. The lowest BCUT2D eigenvalue weighted by Gasteiger charge is -2.17. The van der Waals surface area contributed by atoms with Crippen molar-refractivity contribution in [1.82, 2.24) is 4.90 Å². The molecule has 0 unspecified atom stereocenters. The number of para-hydroxylation sites is 1. The zero-order valence-electron chi connectivity index (χ0n) is 15.9. The van der Waals surface area contributed by atoms with Crippen LogP contribution >= 0.6 is 0 Å². The summed E-state index contributed by atoms with van der Waals surface area (Å²) in [4.78, 5) is 14.6. The fourth-order valence-corrected chi connectivity index (χ4v) is 3.10. The van der Waals surface area contributed by atoms with Crippen LogP contribution in [0.4, 0.5) is 5.69 Å². The number of anilines is 1. The van der Waals surface area contributed by atoms with Gasteiger partial charge in [-0.1, -0.05) is 60.7 Å². The molecule has 0 atom stereocenters. The number of rotatable bonds is 7. The van der Waals surface area contributed by atoms with Gasteiger partial charge in [-0.05, 0) is 36.4 Å². The summed E-state index contributed by atoms with van der Waals surface area (Å²) in [6.45, 7) is 1.33. The molecule has 0 saturated heterocycles. The van der Waals surface area contributed by atoms with Gasteiger partial charge in [0, 0.05) is 30.8 Å². The summed E-state index contributed by atoms with van der Waals surface area (Å²) in [5.41, 5.74) is 4.63. The van der Waals surface area contributed by atoms with Gasteiger partial charge < -0.3 is 10.2 Å². The van der Waals surface area contributed by atoms with E-state index in [2.05, 4.69) is 16.3 Å². The highest BCUT2D eigenvalue weighted by atomic mass is 16.1. The molecule has 4 nitrogen and oxygen atoms in total. The molecule has 0 bridgehead atoms. The number of benzene rings is 3. The highest BCUT2D eigenvalue weighted by molar-refractivity contribution is 5.95. The van der Waals surface area contributed by atoms with Gasteiger partial charge in [0.25, 0.3) is 0 Å². The fourth-order valence-electron chi connectivity index (χ4n) is 3.10. The normalized spacial score (nSPS) is 10.5. The molecule has 1 amide bonds. The Morgan fingerprint density at radius 3 is 2.54 bits per heavy atom. The second-order valence-electron chi connectivity index (χ2n) is 6.76. The molecule has 0 aliphatic heterocycles. The van der Waals surface area contributed by atoms with Crippen molar-refractivity contribution in [3.63, 3.8) is 0 Å². The van der Waals surface area contributed by atoms with E-state index in [1.807, 2.05) is 79.8 Å².